The van der Waals surface area contributed by atoms with E-state index < -0.39 is 11.8 Å². The molecule has 78 valence electrons. The van der Waals surface area contributed by atoms with Gasteiger partial charge in [0.15, 0.2) is 0 Å². The van der Waals surface area contributed by atoms with Crippen molar-refractivity contribution in [3.05, 3.63) is 35.1 Å². The minimum atomic E-state index is -1.19. The van der Waals surface area contributed by atoms with Crippen LogP contribution in [0.1, 0.15) is 22.3 Å². The Morgan fingerprint density at radius 3 is 2.73 bits per heavy atom. The van der Waals surface area contributed by atoms with Crippen molar-refractivity contribution in [2.45, 2.75) is 6.42 Å². The van der Waals surface area contributed by atoms with Crippen LogP contribution in [0.3, 0.4) is 0 Å². The van der Waals surface area contributed by atoms with Crippen molar-refractivity contribution < 1.29 is 19.4 Å². The van der Waals surface area contributed by atoms with E-state index in [1.165, 1.54) is 6.07 Å². The number of aliphatic hydroxyl groups excluding tert-OH is 1. The van der Waals surface area contributed by atoms with E-state index in [2.05, 4.69) is 11.8 Å². The Morgan fingerprint density at radius 2 is 2.13 bits per heavy atom. The van der Waals surface area contributed by atoms with Gasteiger partial charge in [0.25, 0.3) is 0 Å². The molecule has 0 saturated carbocycles. The van der Waals surface area contributed by atoms with Gasteiger partial charge in [0.05, 0.1) is 12.2 Å². The fourth-order valence-corrected chi connectivity index (χ4v) is 1.01. The molecule has 0 aliphatic heterocycles. The van der Waals surface area contributed by atoms with E-state index in [1.54, 1.807) is 0 Å². The van der Waals surface area contributed by atoms with Crippen LogP contribution in [0.5, 0.6) is 0 Å². The molecule has 1 aromatic rings. The third-order valence-electron chi connectivity index (χ3n) is 1.61. The maximum atomic E-state index is 12.9. The molecule has 0 radical (unpaired) electrons. The van der Waals surface area contributed by atoms with Gasteiger partial charge >= 0.3 is 5.97 Å². The molecule has 0 saturated heterocycles. The van der Waals surface area contributed by atoms with Crippen LogP contribution in [0.25, 0.3) is 0 Å². The molecular weight excluding hydrogens is 199 g/mol. The summed E-state index contributed by atoms with van der Waals surface area (Å²) < 4.78 is 12.9. The van der Waals surface area contributed by atoms with Crippen LogP contribution in [0.15, 0.2) is 18.2 Å². The quantitative estimate of drug-likeness (QED) is 0.719. The standard InChI is InChI=1S/C11H9FO3/c12-10-6-8(3-1-2-4-13)5-9(7-10)11(14)15/h5-7,13H,2,4H2,(H,14,15). The first-order chi connectivity index (χ1) is 7.13. The number of hydrogen-bond donors (Lipinski definition) is 2. The van der Waals surface area contributed by atoms with E-state index in [0.717, 1.165) is 12.1 Å². The number of rotatable bonds is 2. The number of aliphatic hydroxyl groups is 1. The maximum Gasteiger partial charge on any atom is 0.335 e. The van der Waals surface area contributed by atoms with E-state index >= 15 is 0 Å². The van der Waals surface area contributed by atoms with Gasteiger partial charge in [-0.2, -0.15) is 0 Å². The third kappa shape index (κ3) is 3.41. The summed E-state index contributed by atoms with van der Waals surface area (Å²) >= 11 is 0. The van der Waals surface area contributed by atoms with E-state index in [9.17, 15) is 9.18 Å². The molecule has 15 heavy (non-hydrogen) atoms. The van der Waals surface area contributed by atoms with Crippen LogP contribution >= 0.6 is 0 Å². The van der Waals surface area contributed by atoms with Gasteiger partial charge in [-0.3, -0.25) is 0 Å². The van der Waals surface area contributed by atoms with Gasteiger partial charge in [0.1, 0.15) is 5.82 Å². The molecule has 0 aromatic heterocycles. The van der Waals surface area contributed by atoms with Crippen molar-refractivity contribution in [3.8, 4) is 11.8 Å². The normalized spacial score (nSPS) is 9.20. The number of halogens is 1. The van der Waals surface area contributed by atoms with Gasteiger partial charge in [-0.1, -0.05) is 11.8 Å². The Bertz CT molecular complexity index is 429. The summed E-state index contributed by atoms with van der Waals surface area (Å²) in [5, 5.41) is 17.1. The van der Waals surface area contributed by atoms with Gasteiger partial charge in [0.2, 0.25) is 0 Å². The molecule has 0 bridgehead atoms. The van der Waals surface area contributed by atoms with Gasteiger partial charge in [-0.15, -0.1) is 0 Å². The van der Waals surface area contributed by atoms with Crippen molar-refractivity contribution in [3.63, 3.8) is 0 Å². The SMILES string of the molecule is O=C(O)c1cc(F)cc(C#CCCO)c1. The monoisotopic (exact) mass is 208 g/mol. The maximum absolute atomic E-state index is 12.9. The highest BCUT2D eigenvalue weighted by atomic mass is 19.1. The van der Waals surface area contributed by atoms with Gasteiger partial charge in [-0.25, -0.2) is 9.18 Å². The molecule has 0 atom stereocenters. The van der Waals surface area contributed by atoms with Crippen molar-refractivity contribution in [2.24, 2.45) is 0 Å². The molecule has 0 fully saturated rings. The fourth-order valence-electron chi connectivity index (χ4n) is 1.01. The molecule has 0 unspecified atom stereocenters. The number of carbonyl (C=O) groups is 1. The number of benzene rings is 1. The number of aromatic carboxylic acids is 1. The Balaban J connectivity index is 3.00. The van der Waals surface area contributed by atoms with Crippen molar-refractivity contribution in [1.82, 2.24) is 0 Å². The highest BCUT2D eigenvalue weighted by molar-refractivity contribution is 5.88. The average Bonchev–Trinajstić information content (AvgIpc) is 2.17. The summed E-state index contributed by atoms with van der Waals surface area (Å²) in [6, 6.07) is 3.37. The summed E-state index contributed by atoms with van der Waals surface area (Å²) in [5.41, 5.74) is 0.157. The zero-order chi connectivity index (χ0) is 11.3. The van der Waals surface area contributed by atoms with Crippen LogP contribution in [0, 0.1) is 17.7 Å². The highest BCUT2D eigenvalue weighted by Gasteiger charge is 2.05. The summed E-state index contributed by atoms with van der Waals surface area (Å²) in [7, 11) is 0. The zero-order valence-corrected chi connectivity index (χ0v) is 7.83. The Labute approximate surface area is 86.2 Å². The minimum Gasteiger partial charge on any atom is -0.478 e. The van der Waals surface area contributed by atoms with Crippen LogP contribution < -0.4 is 0 Å². The molecule has 0 aliphatic carbocycles. The summed E-state index contributed by atoms with van der Waals surface area (Å²) in [4.78, 5) is 10.6. The fraction of sp³-hybridized carbons (Fsp3) is 0.182. The molecule has 0 aliphatic rings. The Kier molecular flexibility index (Phi) is 3.83. The first kappa shape index (κ1) is 11.2. The second-order valence-electron chi connectivity index (χ2n) is 2.81. The second-order valence-corrected chi connectivity index (χ2v) is 2.81. The van der Waals surface area contributed by atoms with Crippen LogP contribution in [0.2, 0.25) is 0 Å². The molecule has 0 spiro atoms. The summed E-state index contributed by atoms with van der Waals surface area (Å²) in [5.74, 6) is 3.32. The van der Waals surface area contributed by atoms with Crippen molar-refractivity contribution >= 4 is 5.97 Å². The number of carboxylic acid groups (broad SMARTS) is 1. The van der Waals surface area contributed by atoms with E-state index in [0.29, 0.717) is 5.56 Å². The molecule has 3 nitrogen and oxygen atoms in total. The lowest BCUT2D eigenvalue weighted by Gasteiger charge is -1.96. The van der Waals surface area contributed by atoms with E-state index in [-0.39, 0.29) is 18.6 Å². The van der Waals surface area contributed by atoms with Crippen LogP contribution in [-0.2, 0) is 0 Å². The lowest BCUT2D eigenvalue weighted by atomic mass is 10.1. The predicted molar refractivity (Wildman–Crippen MR) is 51.9 cm³/mol. The lowest BCUT2D eigenvalue weighted by Crippen LogP contribution is -1.97. The van der Waals surface area contributed by atoms with Crippen molar-refractivity contribution in [1.29, 1.82) is 0 Å². The van der Waals surface area contributed by atoms with E-state index in [1.807, 2.05) is 0 Å². The summed E-state index contributed by atoms with van der Waals surface area (Å²) in [6.07, 6.45) is 0.277. The minimum absolute atomic E-state index is 0.0753. The average molecular weight is 208 g/mol. The highest BCUT2D eigenvalue weighted by Crippen LogP contribution is 2.08. The predicted octanol–water partition coefficient (Wildman–Crippen LogP) is 1.26. The number of carboxylic acids is 1. The molecule has 2 N–H and O–H groups in total. The van der Waals surface area contributed by atoms with Gasteiger partial charge in [0, 0.05) is 12.0 Å². The molecular formula is C11H9FO3. The first-order valence-corrected chi connectivity index (χ1v) is 4.27. The van der Waals surface area contributed by atoms with Crippen LogP contribution in [0.4, 0.5) is 4.39 Å². The largest absolute Gasteiger partial charge is 0.478 e. The lowest BCUT2D eigenvalue weighted by molar-refractivity contribution is 0.0696. The second kappa shape index (κ2) is 5.13. The smallest absolute Gasteiger partial charge is 0.335 e. The summed E-state index contributed by atoms with van der Waals surface area (Å²) in [6.45, 7) is -0.0753. The van der Waals surface area contributed by atoms with E-state index in [4.69, 9.17) is 10.2 Å². The molecule has 0 amide bonds. The number of hydrogen-bond acceptors (Lipinski definition) is 2. The zero-order valence-electron chi connectivity index (χ0n) is 7.83. The molecule has 0 heterocycles. The topological polar surface area (TPSA) is 57.5 Å². The Hall–Kier alpha value is -1.86. The first-order valence-electron chi connectivity index (χ1n) is 4.27. The third-order valence-corrected chi connectivity index (χ3v) is 1.61. The molecule has 1 aromatic carbocycles. The molecule has 4 heteroatoms. The molecule has 1 rings (SSSR count). The van der Waals surface area contributed by atoms with Gasteiger partial charge < -0.3 is 10.2 Å². The van der Waals surface area contributed by atoms with Crippen molar-refractivity contribution in [2.75, 3.05) is 6.61 Å². The van der Waals surface area contributed by atoms with Gasteiger partial charge in [-0.05, 0) is 18.2 Å². The van der Waals surface area contributed by atoms with Crippen LogP contribution in [-0.4, -0.2) is 22.8 Å². The Morgan fingerprint density at radius 1 is 1.40 bits per heavy atom.